The maximum absolute atomic E-state index is 16.4. The van der Waals surface area contributed by atoms with Gasteiger partial charge in [0.2, 0.25) is 6.29 Å². The Hall–Kier alpha value is -3.54. The number of carboxylic acid groups (broad SMARTS) is 1. The van der Waals surface area contributed by atoms with E-state index in [1.165, 1.54) is 20.8 Å². The lowest BCUT2D eigenvalue weighted by atomic mass is 9.33. The van der Waals surface area contributed by atoms with Gasteiger partial charge >= 0.3 is 17.9 Å². The second-order valence-corrected chi connectivity index (χ2v) is 36.6. The molecule has 12 fully saturated rings. The monoisotopic (exact) mass is 1700 g/mol. The fraction of sp³-hybridized carbons (Fsp3) is 0.922. The van der Waals surface area contributed by atoms with Crippen LogP contribution in [0.5, 0.6) is 0 Å². The third-order valence-electron chi connectivity index (χ3n) is 28.9. The summed E-state index contributed by atoms with van der Waals surface area (Å²) in [7, 11) is 0. The van der Waals surface area contributed by atoms with Crippen molar-refractivity contribution >= 4 is 24.2 Å². The third kappa shape index (κ3) is 16.0. The number of carboxylic acids is 1. The van der Waals surface area contributed by atoms with Gasteiger partial charge in [-0.2, -0.15) is 0 Å². The van der Waals surface area contributed by atoms with Gasteiger partial charge in [-0.1, -0.05) is 53.2 Å². The molecule has 8 saturated heterocycles. The lowest BCUT2D eigenvalue weighted by molar-refractivity contribution is -0.392. The molecule has 46 atom stereocenters. The average molecular weight is 1700 g/mol. The number of carbonyl (C=O) groups excluding carboxylic acids is 3. The number of aliphatic hydroxyl groups is 19. The van der Waals surface area contributed by atoms with Gasteiger partial charge in [0.1, 0.15) is 145 Å². The van der Waals surface area contributed by atoms with Crippen LogP contribution in [0.25, 0.3) is 0 Å². The largest absolute Gasteiger partial charge is 0.479 e. The van der Waals surface area contributed by atoms with E-state index in [0.717, 1.165) is 18.8 Å². The van der Waals surface area contributed by atoms with Crippen molar-refractivity contribution in [1.29, 1.82) is 0 Å². The van der Waals surface area contributed by atoms with Crippen LogP contribution in [0, 0.1) is 50.2 Å². The van der Waals surface area contributed by atoms with E-state index in [2.05, 4.69) is 26.8 Å². The second kappa shape index (κ2) is 34.7. The predicted molar refractivity (Wildman–Crippen MR) is 383 cm³/mol. The highest BCUT2D eigenvalue weighted by Crippen LogP contribution is 2.76. The molecule has 41 nitrogen and oxygen atoms in total. The Labute approximate surface area is 678 Å². The van der Waals surface area contributed by atoms with E-state index in [9.17, 15) is 117 Å². The predicted octanol–water partition coefficient (Wildman–Crippen LogP) is -6.92. The van der Waals surface area contributed by atoms with Gasteiger partial charge in [0, 0.05) is 6.92 Å². The first-order valence-corrected chi connectivity index (χ1v) is 40.6. The summed E-state index contributed by atoms with van der Waals surface area (Å²) in [5.74, 6) is -5.29. The highest BCUT2D eigenvalue weighted by Gasteiger charge is 2.74. The van der Waals surface area contributed by atoms with Crippen molar-refractivity contribution in [3.05, 3.63) is 11.6 Å². The number of carbonyl (C=O) groups is 4. The van der Waals surface area contributed by atoms with Crippen molar-refractivity contribution in [2.24, 2.45) is 50.2 Å². The second-order valence-electron chi connectivity index (χ2n) is 36.6. The van der Waals surface area contributed by atoms with Gasteiger partial charge < -0.3 is 187 Å². The number of esters is 2. The summed E-state index contributed by atoms with van der Waals surface area (Å²) in [6.07, 6.45) is -62.3. The molecule has 41 heteroatoms. The van der Waals surface area contributed by atoms with Crippen LogP contribution in [0.1, 0.15) is 127 Å². The number of hydrogen-bond acceptors (Lipinski definition) is 40. The first-order chi connectivity index (χ1) is 55.3. The van der Waals surface area contributed by atoms with Crippen LogP contribution < -0.4 is 0 Å². The maximum atomic E-state index is 16.4. The van der Waals surface area contributed by atoms with E-state index in [1.54, 1.807) is 6.92 Å². The Kier molecular flexibility index (Phi) is 27.1. The summed E-state index contributed by atoms with van der Waals surface area (Å²) in [6, 6.07) is 0. The van der Waals surface area contributed by atoms with Crippen LogP contribution in [0.3, 0.4) is 0 Å². The fourth-order valence-corrected chi connectivity index (χ4v) is 21.7. The highest BCUT2D eigenvalue weighted by atomic mass is 16.8. The number of aldehydes is 1. The van der Waals surface area contributed by atoms with Gasteiger partial charge in [0.25, 0.3) is 0 Å². The SMILES string of the molecule is CC(=O)OC1C(C)OC(OC(=O)C23CCC(C)(C)CC2C2=CCC4C5(C)CCC(OC6OC(C(=O)O)C(O)C(OC7OCC(O)C(O)C7O)C6OC6OC(CO)C(O)C(O)C6O)C(C)(C=O)C5CCC4(C)C2(C)CC3O)C(OC2OC(C)C(OC3OCC(O)C(OC4OCC(O)(CO)C4O)C3O)C(O)C2O)C1OC1OC(C)C(O)C(O)C1O. The fourth-order valence-electron chi connectivity index (χ4n) is 21.7. The molecule has 13 aliphatic rings. The smallest absolute Gasteiger partial charge is 0.335 e. The van der Waals surface area contributed by atoms with Crippen molar-refractivity contribution in [3.63, 3.8) is 0 Å². The Balaban J connectivity index is 0.788. The molecule has 674 valence electrons. The summed E-state index contributed by atoms with van der Waals surface area (Å²) in [5.41, 5.74) is -7.52. The molecule has 0 radical (unpaired) electrons. The van der Waals surface area contributed by atoms with Crippen molar-refractivity contribution < 1.29 is 202 Å². The highest BCUT2D eigenvalue weighted by molar-refractivity contribution is 5.80. The van der Waals surface area contributed by atoms with E-state index >= 15 is 4.79 Å². The van der Waals surface area contributed by atoms with Crippen LogP contribution in [0.2, 0.25) is 0 Å². The van der Waals surface area contributed by atoms with Crippen molar-refractivity contribution in [2.45, 2.75) is 360 Å². The van der Waals surface area contributed by atoms with Crippen LogP contribution in [0.4, 0.5) is 0 Å². The summed E-state index contributed by atoms with van der Waals surface area (Å²) in [5, 5.41) is 222. The Morgan fingerprint density at radius 3 is 1.69 bits per heavy atom. The van der Waals surface area contributed by atoms with E-state index in [-0.39, 0.29) is 25.2 Å². The summed E-state index contributed by atoms with van der Waals surface area (Å²) >= 11 is 0. The summed E-state index contributed by atoms with van der Waals surface area (Å²) in [4.78, 5) is 57.0. The van der Waals surface area contributed by atoms with Crippen LogP contribution >= 0.6 is 0 Å². The number of fused-ring (bicyclic) bond motifs is 7. The van der Waals surface area contributed by atoms with Gasteiger partial charge in [0.15, 0.2) is 62.3 Å². The molecule has 118 heavy (non-hydrogen) atoms. The van der Waals surface area contributed by atoms with Crippen molar-refractivity contribution in [3.8, 4) is 0 Å². The molecule has 0 aromatic heterocycles. The number of aliphatic hydroxyl groups excluding tert-OH is 18. The molecule has 4 saturated carbocycles. The topological polar surface area (TPSA) is 630 Å². The molecule has 0 aromatic carbocycles. The maximum Gasteiger partial charge on any atom is 0.335 e. The van der Waals surface area contributed by atoms with Crippen molar-refractivity contribution in [2.75, 3.05) is 33.0 Å². The van der Waals surface area contributed by atoms with Gasteiger partial charge in [0.05, 0.1) is 69.0 Å². The summed E-state index contributed by atoms with van der Waals surface area (Å²) in [6.45, 7) is 13.7. The van der Waals surface area contributed by atoms with Gasteiger partial charge in [-0.3, -0.25) is 9.59 Å². The molecule has 0 spiro atoms. The van der Waals surface area contributed by atoms with Crippen LogP contribution in [0.15, 0.2) is 11.6 Å². The molecule has 13 rings (SSSR count). The van der Waals surface area contributed by atoms with E-state index in [4.69, 9.17) is 80.5 Å². The van der Waals surface area contributed by atoms with Gasteiger partial charge in [-0.05, 0) is 118 Å². The number of ether oxygens (including phenoxy) is 17. The standard InChI is InChI=1S/C77H120O41/c1-27-40(85)43(88)47(92)64(105-27)115-57-53(108-30(4)81)29(3)107-67(59(57)117-65-49(94)45(90)52(28(2)106-65)111-63-51(96)54(34(83)23-103-63)112-69-60(97)76(101,25-80)26-104-69)118-70(100)77-18-17-71(5,6)19-32(77)31-11-12-37-72(7)15-14-39(73(8,24-79)36(72)13-16-74(37,9)75(31,10)20-38(77)84)110-68-58(116-66-48(93)44(89)42(87)35(21-78)109-66)55(50(95)56(114-68)61(98)99)113-62-46(91)41(86)33(82)22-102-62/h11,24,27-29,32-60,62-69,78,80,82-97,101H,12-23,25-26H2,1-10H3,(H,98,99). The number of rotatable bonds is 21. The molecule has 5 aliphatic carbocycles. The van der Waals surface area contributed by atoms with E-state index in [1.807, 2.05) is 13.8 Å². The normalized spacial score (nSPS) is 54.1. The number of hydrogen-bond donors (Lipinski definition) is 20. The summed E-state index contributed by atoms with van der Waals surface area (Å²) < 4.78 is 103. The zero-order chi connectivity index (χ0) is 86.2. The van der Waals surface area contributed by atoms with Crippen LogP contribution in [-0.2, 0) is 99.7 Å². The quantitative estimate of drug-likeness (QED) is 0.0220. The first kappa shape index (κ1) is 92.1. The van der Waals surface area contributed by atoms with Gasteiger partial charge in [-0.15, -0.1) is 0 Å². The first-order valence-electron chi connectivity index (χ1n) is 40.6. The molecule has 0 bridgehead atoms. The lowest BCUT2D eigenvalue weighted by Crippen LogP contribution is -2.69. The molecule has 46 unspecified atom stereocenters. The van der Waals surface area contributed by atoms with E-state index in [0.29, 0.717) is 38.5 Å². The zero-order valence-electron chi connectivity index (χ0n) is 67.2. The number of allylic oxidation sites excluding steroid dienone is 2. The Bertz CT molecular complexity index is 3540. The minimum Gasteiger partial charge on any atom is -0.479 e. The minimum atomic E-state index is -2.25. The molecule has 0 aromatic rings. The lowest BCUT2D eigenvalue weighted by Gasteiger charge is -2.71. The van der Waals surface area contributed by atoms with Crippen LogP contribution in [-0.4, -0.2) is 392 Å². The minimum absolute atomic E-state index is 0.0347. The molecule has 8 aliphatic heterocycles. The Morgan fingerprint density at radius 1 is 0.500 bits per heavy atom. The molecular weight excluding hydrogens is 1580 g/mol. The number of aliphatic carboxylic acids is 1. The molecule has 8 heterocycles. The Morgan fingerprint density at radius 2 is 1.06 bits per heavy atom. The third-order valence-corrected chi connectivity index (χ3v) is 28.9. The zero-order valence-corrected chi connectivity index (χ0v) is 67.2. The van der Waals surface area contributed by atoms with Crippen molar-refractivity contribution in [1.82, 2.24) is 0 Å². The average Bonchev–Trinajstić information content (AvgIpc) is 0.717. The van der Waals surface area contributed by atoms with E-state index < -0.39 is 328 Å². The molecular formula is C77H120O41. The molecule has 20 N–H and O–H groups in total. The van der Waals surface area contributed by atoms with Gasteiger partial charge in [-0.25, -0.2) is 4.79 Å². The molecule has 0 amide bonds.